The van der Waals surface area contributed by atoms with Crippen molar-refractivity contribution < 1.29 is 49.3 Å². The van der Waals surface area contributed by atoms with E-state index in [-0.39, 0.29) is 66.6 Å². The number of alkyl halides is 2. The number of anilines is 1. The average molecular weight is 1540 g/mol. The van der Waals surface area contributed by atoms with E-state index in [0.29, 0.717) is 74.2 Å². The maximum Gasteiger partial charge on any atom is 0.155 e. The number of hydrogen-bond donors (Lipinski definition) is 0. The van der Waals surface area contributed by atoms with Gasteiger partial charge in [0.05, 0.1) is 17.1 Å². The van der Waals surface area contributed by atoms with Gasteiger partial charge in [0.2, 0.25) is 0 Å². The molecule has 14 aliphatic rings. The summed E-state index contributed by atoms with van der Waals surface area (Å²) in [5.74, 6) is -4.65. The van der Waals surface area contributed by atoms with Crippen molar-refractivity contribution in [3.63, 3.8) is 0 Å². The molecule has 0 bridgehead atoms. The molecule has 0 saturated carbocycles. The normalized spacial score (nSPS) is 30.6. The molecule has 19 rings (SSSR count). The quantitative estimate of drug-likeness (QED) is 0.0645. The van der Waals surface area contributed by atoms with E-state index >= 15 is 35.1 Å². The zero-order valence-corrected chi connectivity index (χ0v) is 63.7. The Bertz CT molecular complexity index is 5530. The van der Waals surface area contributed by atoms with E-state index in [2.05, 4.69) is 103 Å². The highest BCUT2D eigenvalue weighted by Gasteiger charge is 2.62. The summed E-state index contributed by atoms with van der Waals surface area (Å²) in [4.78, 5) is 4.18. The Morgan fingerprint density at radius 2 is 1.37 bits per heavy atom. The molecule has 1 aliphatic heterocycles. The topological polar surface area (TPSA) is 34.2 Å². The summed E-state index contributed by atoms with van der Waals surface area (Å²) in [6, 6.07) is 35.6. The smallest absolute Gasteiger partial charge is 0.155 e. The third-order valence-electron chi connectivity index (χ3n) is 26.6. The summed E-state index contributed by atoms with van der Waals surface area (Å²) >= 11 is 0. The van der Waals surface area contributed by atoms with E-state index < -0.39 is 82.1 Å². The molecule has 15 unspecified atom stereocenters. The van der Waals surface area contributed by atoms with Gasteiger partial charge in [-0.1, -0.05) is 194 Å². The fourth-order valence-electron chi connectivity index (χ4n) is 21.4. The van der Waals surface area contributed by atoms with Gasteiger partial charge in [-0.15, -0.1) is 0 Å². The second-order valence-corrected chi connectivity index (χ2v) is 32.7. The van der Waals surface area contributed by atoms with E-state index in [9.17, 15) is 0 Å². The molecule has 13 heteroatoms. The van der Waals surface area contributed by atoms with Crippen LogP contribution >= 0.6 is 0 Å². The van der Waals surface area contributed by atoms with Crippen LogP contribution < -0.4 is 9.64 Å². The zero-order chi connectivity index (χ0) is 78.4. The van der Waals surface area contributed by atoms with E-state index in [4.69, 9.17) is 14.2 Å². The van der Waals surface area contributed by atoms with Gasteiger partial charge in [0.1, 0.15) is 70.9 Å². The first-order valence-corrected chi connectivity index (χ1v) is 40.7. The lowest BCUT2D eigenvalue weighted by Gasteiger charge is -2.47. The summed E-state index contributed by atoms with van der Waals surface area (Å²) in [5.41, 5.74) is 12.4. The third kappa shape index (κ3) is 12.9. The fraction of sp³-hybridized carbons (Fsp3) is 0.275. The summed E-state index contributed by atoms with van der Waals surface area (Å²) in [7, 11) is 0. The van der Waals surface area contributed by atoms with E-state index in [1.54, 1.807) is 12.2 Å². The van der Waals surface area contributed by atoms with Crippen LogP contribution in [0.2, 0.25) is 0 Å². The molecule has 5 nitrogen and oxygen atoms in total. The summed E-state index contributed by atoms with van der Waals surface area (Å²) in [6.07, 6.45) is 51.9. The van der Waals surface area contributed by atoms with Crippen LogP contribution in [0.3, 0.4) is 0 Å². The molecule has 5 aromatic carbocycles. The van der Waals surface area contributed by atoms with Gasteiger partial charge in [-0.2, -0.15) is 0 Å². The Morgan fingerprint density at radius 1 is 0.574 bits per heavy atom. The van der Waals surface area contributed by atoms with Gasteiger partial charge in [0, 0.05) is 120 Å². The number of halogens is 8. The molecular weight excluding hydrogens is 1450 g/mol. The number of nitrogens with zero attached hydrogens (tertiary/aromatic N) is 2. The minimum Gasteiger partial charge on any atom is -0.490 e. The van der Waals surface area contributed by atoms with Crippen molar-refractivity contribution in [1.82, 2.24) is 4.90 Å². The fourth-order valence-corrected chi connectivity index (χ4v) is 21.4. The molecule has 0 saturated heterocycles. The minimum absolute atomic E-state index is 0.0101. The monoisotopic (exact) mass is 1540 g/mol. The summed E-state index contributed by atoms with van der Waals surface area (Å²) < 4.78 is 152. The molecule has 1 heterocycles. The van der Waals surface area contributed by atoms with Gasteiger partial charge in [-0.25, -0.2) is 35.1 Å². The maximum absolute atomic E-state index is 17.3. The van der Waals surface area contributed by atoms with Crippen LogP contribution in [0, 0.1) is 41.2 Å². The van der Waals surface area contributed by atoms with Crippen molar-refractivity contribution in [3.8, 4) is 5.75 Å². The molecule has 5 aromatic rings. The summed E-state index contributed by atoms with van der Waals surface area (Å²) in [6.45, 7) is 7.80. The van der Waals surface area contributed by atoms with Crippen LogP contribution in [0.15, 0.2) is 366 Å². The highest BCUT2D eigenvalue weighted by Crippen LogP contribution is 2.67. The molecule has 15 atom stereocenters. The van der Waals surface area contributed by atoms with Crippen LogP contribution in [0.25, 0.3) is 11.6 Å². The molecule has 115 heavy (non-hydrogen) atoms. The summed E-state index contributed by atoms with van der Waals surface area (Å²) in [5, 5.41) is 0. The number of fused-ring (bicyclic) bond motifs is 8. The van der Waals surface area contributed by atoms with Gasteiger partial charge in [0.15, 0.2) is 6.17 Å². The van der Waals surface area contributed by atoms with Gasteiger partial charge in [-0.3, -0.25) is 0 Å². The van der Waals surface area contributed by atoms with Crippen molar-refractivity contribution in [3.05, 3.63) is 416 Å². The third-order valence-corrected chi connectivity index (χ3v) is 26.6. The van der Waals surface area contributed by atoms with Crippen molar-refractivity contribution in [1.29, 1.82) is 0 Å². The highest BCUT2D eigenvalue weighted by atomic mass is 19.2. The first-order valence-electron chi connectivity index (χ1n) is 40.7. The highest BCUT2D eigenvalue weighted by molar-refractivity contribution is 5.81. The van der Waals surface area contributed by atoms with Gasteiger partial charge >= 0.3 is 0 Å². The standard InChI is InChI=1S/C102H88F8N2O3/c1-3-61-25-39-75(40-26-61)113-77-43-31-67(32-44-77)101(99-91(105)21-11-22-92(99)106)85-19-7-5-17-79(85)81-47-29-65(55-87(81)101)63-13-9-15-69(53-63)111(73-35-49-89(103)95(109)59-73)71-37-51-97-83(57-71)84-58-72(38-52-98(84)115-97)112(74-36-50-90(104)96(110)60-74)70-16-10-14-64(54-70)66-30-48-82-80-18-6-8-20-86(80)102(88(82)56-66,100-93(107)23-12-24-94(100)108)68-33-45-78(46-34-68)114-76-41-27-62(4-2)28-42-76/h3-13,15-29,31,33-35,37,39,41-43,45,47,51,53-59,64,74-75,78,81-83,87-89,93,97,100H,1-2,14,30,32,36,38,40,44,46,48-50,52,60H2. The molecule has 13 aliphatic carbocycles. The number of rotatable bonds is 18. The Hall–Kier alpha value is -11.2. The molecular formula is C102H88F8N2O3. The van der Waals surface area contributed by atoms with E-state index in [1.807, 2.05) is 138 Å². The second kappa shape index (κ2) is 30.2. The van der Waals surface area contributed by atoms with Gasteiger partial charge < -0.3 is 24.0 Å². The maximum atomic E-state index is 17.3. The number of benzene rings is 5. The first kappa shape index (κ1) is 74.0. The lowest BCUT2D eigenvalue weighted by Crippen LogP contribution is -2.47. The molecule has 0 fully saturated rings. The van der Waals surface area contributed by atoms with E-state index in [1.165, 1.54) is 42.5 Å². The predicted octanol–water partition coefficient (Wildman–Crippen LogP) is 25.6. The Kier molecular flexibility index (Phi) is 19.4. The van der Waals surface area contributed by atoms with Crippen molar-refractivity contribution in [2.24, 2.45) is 29.6 Å². The predicted molar refractivity (Wildman–Crippen MR) is 440 cm³/mol. The van der Waals surface area contributed by atoms with Crippen molar-refractivity contribution in [2.75, 3.05) is 4.90 Å². The lowest BCUT2D eigenvalue weighted by atomic mass is 9.55. The first-order chi connectivity index (χ1) is 56.1. The largest absolute Gasteiger partial charge is 0.490 e. The molecule has 0 spiro atoms. The molecule has 580 valence electrons. The van der Waals surface area contributed by atoms with Gasteiger partial charge in [-0.05, 0) is 204 Å². The van der Waals surface area contributed by atoms with E-state index in [0.717, 1.165) is 103 Å². The Labute approximate surface area is 667 Å². The lowest BCUT2D eigenvalue weighted by molar-refractivity contribution is 0.146. The minimum atomic E-state index is -1.82. The second-order valence-electron chi connectivity index (χ2n) is 32.7. The van der Waals surface area contributed by atoms with Crippen LogP contribution in [0.1, 0.15) is 134 Å². The van der Waals surface area contributed by atoms with Crippen molar-refractivity contribution in [2.45, 2.75) is 143 Å². The van der Waals surface area contributed by atoms with Gasteiger partial charge in [0.25, 0.3) is 0 Å². The number of hydrogen-bond acceptors (Lipinski definition) is 5. The Morgan fingerprint density at radius 3 is 2.14 bits per heavy atom. The van der Waals surface area contributed by atoms with Crippen LogP contribution in [-0.4, -0.2) is 41.6 Å². The van der Waals surface area contributed by atoms with Crippen LogP contribution in [0.5, 0.6) is 5.75 Å². The number of allylic oxidation sites excluding steroid dienone is 30. The van der Waals surface area contributed by atoms with Crippen LogP contribution in [-0.2, 0) is 20.3 Å². The van der Waals surface area contributed by atoms with Crippen LogP contribution in [0.4, 0.5) is 40.8 Å². The molecule has 0 amide bonds. The zero-order valence-electron chi connectivity index (χ0n) is 63.7. The molecule has 0 radical (unpaired) electrons. The molecule has 0 aromatic heterocycles. The number of ether oxygens (including phenoxy) is 3. The Balaban J connectivity index is 0.658. The van der Waals surface area contributed by atoms with Crippen molar-refractivity contribution >= 4 is 17.3 Å². The SMILES string of the molecule is C=CC1=CCC(OC2=CC=C(C3(c4c(F)cccc4F)c4ccccc4C4C=CC(c5cccc(N(C6=CCC(F)C(F)=C6)C6=CC7C8=C(CCC(N(C9=CC(C%10=CC%11C(CC%10)c%10ccccc%10C%11(C%10=CCC(Oc%11ccc(C=C)cc%11)C=C%10)C%10C(F)=CC=CC%10F)CC=C9)C9CCC(F)=C(F)C9)=C8)OC7C=C6)c5)=CC43)CC2)C=C1. The molecule has 0 N–H and O–H groups in total. The average Bonchev–Trinajstić information content (AvgIpc) is 1.54.